The maximum atomic E-state index is 9.70. The van der Waals surface area contributed by atoms with Crippen molar-refractivity contribution < 1.29 is 14.6 Å². The van der Waals surface area contributed by atoms with Crippen molar-refractivity contribution in [3.8, 4) is 11.5 Å². The molecule has 0 bridgehead atoms. The number of nitrogens with one attached hydrogen (secondary N) is 1. The zero-order valence-electron chi connectivity index (χ0n) is 12.7. The second kappa shape index (κ2) is 8.01. The van der Waals surface area contributed by atoms with Gasteiger partial charge in [0, 0.05) is 11.0 Å². The van der Waals surface area contributed by atoms with Crippen LogP contribution in [-0.2, 0) is 6.54 Å². The quantitative estimate of drug-likeness (QED) is 0.821. The van der Waals surface area contributed by atoms with Crippen LogP contribution >= 0.6 is 15.9 Å². The number of halogens is 1. The van der Waals surface area contributed by atoms with E-state index in [1.807, 2.05) is 12.1 Å². The minimum Gasteiger partial charge on any atom is -0.493 e. The van der Waals surface area contributed by atoms with Crippen LogP contribution in [0.3, 0.4) is 0 Å². The molecule has 118 valence electrons. The van der Waals surface area contributed by atoms with Crippen molar-refractivity contribution in [1.29, 1.82) is 0 Å². The number of ether oxygens (including phenoxy) is 2. The topological polar surface area (TPSA) is 50.7 Å². The Morgan fingerprint density at radius 3 is 2.62 bits per heavy atom. The SMILES string of the molecule is COc1cc(Br)c(CNCC2CCCC(O)C2)cc1OC. The van der Waals surface area contributed by atoms with Crippen LogP contribution in [0.1, 0.15) is 31.2 Å². The van der Waals surface area contributed by atoms with Crippen molar-refractivity contribution in [1.82, 2.24) is 5.32 Å². The van der Waals surface area contributed by atoms with Gasteiger partial charge in [-0.3, -0.25) is 0 Å². The summed E-state index contributed by atoms with van der Waals surface area (Å²) in [6.45, 7) is 1.71. The van der Waals surface area contributed by atoms with E-state index in [4.69, 9.17) is 9.47 Å². The molecule has 4 nitrogen and oxygen atoms in total. The summed E-state index contributed by atoms with van der Waals surface area (Å²) in [5.74, 6) is 2.04. The lowest BCUT2D eigenvalue weighted by atomic mass is 9.87. The molecule has 5 heteroatoms. The van der Waals surface area contributed by atoms with Gasteiger partial charge < -0.3 is 19.9 Å². The van der Waals surface area contributed by atoms with Crippen molar-refractivity contribution >= 4 is 15.9 Å². The van der Waals surface area contributed by atoms with Crippen LogP contribution in [0, 0.1) is 5.92 Å². The zero-order valence-corrected chi connectivity index (χ0v) is 14.3. The highest BCUT2D eigenvalue weighted by Crippen LogP contribution is 2.33. The van der Waals surface area contributed by atoms with Gasteiger partial charge in [0.05, 0.1) is 20.3 Å². The van der Waals surface area contributed by atoms with Crippen molar-refractivity contribution in [2.45, 2.75) is 38.3 Å². The molecule has 2 N–H and O–H groups in total. The third kappa shape index (κ3) is 4.59. The molecule has 0 spiro atoms. The van der Waals surface area contributed by atoms with Crippen LogP contribution in [0.5, 0.6) is 11.5 Å². The number of hydrogen-bond donors (Lipinski definition) is 2. The molecule has 0 radical (unpaired) electrons. The van der Waals surface area contributed by atoms with Crippen LogP contribution in [-0.4, -0.2) is 32.0 Å². The number of hydrogen-bond acceptors (Lipinski definition) is 4. The van der Waals surface area contributed by atoms with E-state index in [-0.39, 0.29) is 6.10 Å². The molecule has 1 aromatic carbocycles. The lowest BCUT2D eigenvalue weighted by molar-refractivity contribution is 0.101. The number of aliphatic hydroxyl groups is 1. The van der Waals surface area contributed by atoms with Gasteiger partial charge in [0.2, 0.25) is 0 Å². The van der Waals surface area contributed by atoms with Gasteiger partial charge in [0.15, 0.2) is 11.5 Å². The Balaban J connectivity index is 1.90. The Bertz CT molecular complexity index is 467. The molecular weight excluding hydrogens is 334 g/mol. The van der Waals surface area contributed by atoms with Crippen molar-refractivity contribution in [2.24, 2.45) is 5.92 Å². The smallest absolute Gasteiger partial charge is 0.161 e. The Hall–Kier alpha value is -0.780. The first kappa shape index (κ1) is 16.6. The lowest BCUT2D eigenvalue weighted by Gasteiger charge is -2.26. The molecule has 0 heterocycles. The molecular formula is C16H24BrNO3. The fraction of sp³-hybridized carbons (Fsp3) is 0.625. The predicted molar refractivity (Wildman–Crippen MR) is 86.9 cm³/mol. The van der Waals surface area contributed by atoms with E-state index >= 15 is 0 Å². The summed E-state index contributed by atoms with van der Waals surface area (Å²) in [4.78, 5) is 0. The van der Waals surface area contributed by atoms with Gasteiger partial charge in [-0.2, -0.15) is 0 Å². The van der Waals surface area contributed by atoms with Crippen LogP contribution in [0.4, 0.5) is 0 Å². The second-order valence-electron chi connectivity index (χ2n) is 5.62. The summed E-state index contributed by atoms with van der Waals surface area (Å²) in [5, 5.41) is 13.2. The number of methoxy groups -OCH3 is 2. The van der Waals surface area contributed by atoms with Gasteiger partial charge >= 0.3 is 0 Å². The third-order valence-electron chi connectivity index (χ3n) is 4.06. The fourth-order valence-electron chi connectivity index (χ4n) is 2.89. The van der Waals surface area contributed by atoms with E-state index in [0.29, 0.717) is 5.92 Å². The van der Waals surface area contributed by atoms with Crippen molar-refractivity contribution in [2.75, 3.05) is 20.8 Å². The van der Waals surface area contributed by atoms with E-state index in [9.17, 15) is 5.11 Å². The normalized spacial score (nSPS) is 22.1. The predicted octanol–water partition coefficient (Wildman–Crippen LogP) is 3.11. The second-order valence-corrected chi connectivity index (χ2v) is 6.47. The van der Waals surface area contributed by atoms with Gasteiger partial charge in [-0.15, -0.1) is 0 Å². The highest BCUT2D eigenvalue weighted by molar-refractivity contribution is 9.10. The first-order chi connectivity index (χ1) is 10.1. The fourth-order valence-corrected chi connectivity index (χ4v) is 3.35. The largest absolute Gasteiger partial charge is 0.493 e. The molecule has 1 aliphatic rings. The Kier molecular flexibility index (Phi) is 6.33. The number of benzene rings is 1. The van der Waals surface area contributed by atoms with E-state index in [1.165, 1.54) is 6.42 Å². The van der Waals surface area contributed by atoms with Gasteiger partial charge in [-0.1, -0.05) is 22.4 Å². The summed E-state index contributed by atoms with van der Waals surface area (Å²) in [6, 6.07) is 3.92. The molecule has 1 saturated carbocycles. The maximum absolute atomic E-state index is 9.70. The van der Waals surface area contributed by atoms with Crippen LogP contribution < -0.4 is 14.8 Å². The molecule has 21 heavy (non-hydrogen) atoms. The van der Waals surface area contributed by atoms with E-state index in [0.717, 1.165) is 53.9 Å². The van der Waals surface area contributed by atoms with Gasteiger partial charge in [0.25, 0.3) is 0 Å². The minimum atomic E-state index is -0.113. The molecule has 1 aromatic rings. The molecule has 2 unspecified atom stereocenters. The van der Waals surface area contributed by atoms with E-state index in [2.05, 4.69) is 21.2 Å². The summed E-state index contributed by atoms with van der Waals surface area (Å²) in [6.07, 6.45) is 4.10. The molecule has 1 fully saturated rings. The first-order valence-corrected chi connectivity index (χ1v) is 8.22. The standard InChI is InChI=1S/C16H24BrNO3/c1-20-15-7-12(14(17)8-16(15)21-2)10-18-9-11-4-3-5-13(19)6-11/h7-8,11,13,18-19H,3-6,9-10H2,1-2H3. The minimum absolute atomic E-state index is 0.113. The van der Waals surface area contributed by atoms with Crippen molar-refractivity contribution in [3.05, 3.63) is 22.2 Å². The Morgan fingerprint density at radius 1 is 1.24 bits per heavy atom. The lowest BCUT2D eigenvalue weighted by Crippen LogP contribution is -2.29. The Labute approximate surface area is 135 Å². The summed E-state index contributed by atoms with van der Waals surface area (Å²) >= 11 is 3.57. The molecule has 2 atom stereocenters. The average Bonchev–Trinajstić information content (AvgIpc) is 2.48. The van der Waals surface area contributed by atoms with Crippen LogP contribution in [0.15, 0.2) is 16.6 Å². The molecule has 0 aliphatic heterocycles. The third-order valence-corrected chi connectivity index (χ3v) is 4.79. The van der Waals surface area contributed by atoms with Gasteiger partial charge in [-0.25, -0.2) is 0 Å². The van der Waals surface area contributed by atoms with Crippen LogP contribution in [0.2, 0.25) is 0 Å². The van der Waals surface area contributed by atoms with Gasteiger partial charge in [0.1, 0.15) is 0 Å². The Morgan fingerprint density at radius 2 is 1.95 bits per heavy atom. The molecule has 1 aliphatic carbocycles. The highest BCUT2D eigenvalue weighted by Gasteiger charge is 2.19. The molecule has 0 saturated heterocycles. The zero-order chi connectivity index (χ0) is 15.2. The van der Waals surface area contributed by atoms with E-state index < -0.39 is 0 Å². The number of aliphatic hydroxyl groups excluding tert-OH is 1. The number of rotatable bonds is 6. The maximum Gasteiger partial charge on any atom is 0.161 e. The summed E-state index contributed by atoms with van der Waals surface area (Å²) in [7, 11) is 3.28. The molecule has 0 amide bonds. The van der Waals surface area contributed by atoms with Gasteiger partial charge in [-0.05, 0) is 49.4 Å². The highest BCUT2D eigenvalue weighted by atomic mass is 79.9. The monoisotopic (exact) mass is 357 g/mol. The summed E-state index contributed by atoms with van der Waals surface area (Å²) < 4.78 is 11.6. The van der Waals surface area contributed by atoms with E-state index in [1.54, 1.807) is 14.2 Å². The molecule has 0 aromatic heterocycles. The first-order valence-electron chi connectivity index (χ1n) is 7.43. The van der Waals surface area contributed by atoms with Crippen molar-refractivity contribution in [3.63, 3.8) is 0 Å². The summed E-state index contributed by atoms with van der Waals surface area (Å²) in [5.41, 5.74) is 1.14. The molecule has 2 rings (SSSR count). The van der Waals surface area contributed by atoms with Crippen LogP contribution in [0.25, 0.3) is 0 Å². The average molecular weight is 358 g/mol.